The number of nitrogens with zero attached hydrogens (tertiary/aromatic N) is 1. The van der Waals surface area contributed by atoms with Gasteiger partial charge in [-0.05, 0) is 40.0 Å². The van der Waals surface area contributed by atoms with Crippen LogP contribution in [0.3, 0.4) is 0 Å². The number of amides is 1. The second kappa shape index (κ2) is 5.21. The average Bonchev–Trinajstić information content (AvgIpc) is 2.72. The minimum absolute atomic E-state index is 0.422. The van der Waals surface area contributed by atoms with Crippen molar-refractivity contribution in [3.63, 3.8) is 0 Å². The van der Waals surface area contributed by atoms with Gasteiger partial charge >= 0.3 is 0 Å². The number of carbonyl (C=O) groups is 2. The van der Waals surface area contributed by atoms with E-state index in [1.165, 1.54) is 0 Å². The molecule has 0 aliphatic carbocycles. The van der Waals surface area contributed by atoms with Gasteiger partial charge in [-0.25, -0.2) is 0 Å². The van der Waals surface area contributed by atoms with Gasteiger partial charge in [-0.1, -0.05) is 36.4 Å². The lowest BCUT2D eigenvalue weighted by Gasteiger charge is -2.17. The molecule has 2 aromatic carbocycles. The lowest BCUT2D eigenvalue weighted by Crippen LogP contribution is -2.31. The second-order valence-electron chi connectivity index (χ2n) is 4.66. The van der Waals surface area contributed by atoms with E-state index < -0.39 is 11.7 Å². The van der Waals surface area contributed by atoms with E-state index in [9.17, 15) is 9.59 Å². The SMILES string of the molecule is O=C1C(=O)N(CCc2ccccc2)c2c(Br)cccc21. The first-order valence-corrected chi connectivity index (χ1v) is 7.16. The summed E-state index contributed by atoms with van der Waals surface area (Å²) in [6.07, 6.45) is 0.723. The third-order valence-corrected chi connectivity index (χ3v) is 4.05. The Morgan fingerprint density at radius 3 is 2.45 bits per heavy atom. The first kappa shape index (κ1) is 13.1. The van der Waals surface area contributed by atoms with Crippen LogP contribution in [0.25, 0.3) is 0 Å². The number of carbonyl (C=O) groups excluding carboxylic acids is 2. The second-order valence-corrected chi connectivity index (χ2v) is 5.51. The molecule has 0 N–H and O–H groups in total. The fourth-order valence-electron chi connectivity index (χ4n) is 2.41. The summed E-state index contributed by atoms with van der Waals surface area (Å²) in [4.78, 5) is 25.6. The molecule has 0 radical (unpaired) electrons. The molecular formula is C16H12BrNO2. The molecule has 3 rings (SSSR count). The van der Waals surface area contributed by atoms with E-state index in [0.29, 0.717) is 17.8 Å². The number of halogens is 1. The van der Waals surface area contributed by atoms with Crippen LogP contribution in [-0.2, 0) is 11.2 Å². The predicted molar refractivity (Wildman–Crippen MR) is 81.0 cm³/mol. The molecule has 1 heterocycles. The van der Waals surface area contributed by atoms with Crippen LogP contribution in [0, 0.1) is 0 Å². The van der Waals surface area contributed by atoms with Gasteiger partial charge in [0, 0.05) is 11.0 Å². The smallest absolute Gasteiger partial charge is 0.299 e. The van der Waals surface area contributed by atoms with Crippen molar-refractivity contribution in [1.29, 1.82) is 0 Å². The number of para-hydroxylation sites is 1. The molecule has 4 heteroatoms. The van der Waals surface area contributed by atoms with Gasteiger partial charge in [0.15, 0.2) is 0 Å². The molecule has 0 spiro atoms. The number of fused-ring (bicyclic) bond motifs is 1. The van der Waals surface area contributed by atoms with Crippen molar-refractivity contribution in [2.24, 2.45) is 0 Å². The number of hydrogen-bond acceptors (Lipinski definition) is 2. The van der Waals surface area contributed by atoms with Crippen molar-refractivity contribution in [3.8, 4) is 0 Å². The first-order chi connectivity index (χ1) is 9.68. The molecule has 20 heavy (non-hydrogen) atoms. The molecule has 0 saturated heterocycles. The normalized spacial score (nSPS) is 13.8. The Kier molecular flexibility index (Phi) is 3.40. The molecule has 0 saturated carbocycles. The molecule has 0 atom stereocenters. The van der Waals surface area contributed by atoms with Crippen LogP contribution in [0.4, 0.5) is 5.69 Å². The topological polar surface area (TPSA) is 37.4 Å². The van der Waals surface area contributed by atoms with Crippen molar-refractivity contribution in [2.75, 3.05) is 11.4 Å². The van der Waals surface area contributed by atoms with Crippen LogP contribution >= 0.6 is 15.9 Å². The van der Waals surface area contributed by atoms with Crippen molar-refractivity contribution in [3.05, 3.63) is 64.1 Å². The molecular weight excluding hydrogens is 318 g/mol. The van der Waals surface area contributed by atoms with Crippen molar-refractivity contribution in [2.45, 2.75) is 6.42 Å². The summed E-state index contributed by atoms with van der Waals surface area (Å²) in [7, 11) is 0. The largest absolute Gasteiger partial charge is 0.303 e. The highest BCUT2D eigenvalue weighted by molar-refractivity contribution is 9.10. The zero-order valence-electron chi connectivity index (χ0n) is 10.7. The molecule has 0 bridgehead atoms. The Balaban J connectivity index is 1.88. The van der Waals surface area contributed by atoms with Crippen molar-refractivity contribution in [1.82, 2.24) is 0 Å². The molecule has 2 aromatic rings. The highest BCUT2D eigenvalue weighted by Gasteiger charge is 2.36. The molecule has 1 amide bonds. The molecule has 3 nitrogen and oxygen atoms in total. The molecule has 0 fully saturated rings. The van der Waals surface area contributed by atoms with E-state index in [1.807, 2.05) is 36.4 Å². The molecule has 0 unspecified atom stereocenters. The van der Waals surface area contributed by atoms with E-state index in [4.69, 9.17) is 0 Å². The van der Waals surface area contributed by atoms with Crippen molar-refractivity contribution < 1.29 is 9.59 Å². The fraction of sp³-hybridized carbons (Fsp3) is 0.125. The minimum Gasteiger partial charge on any atom is -0.303 e. The van der Waals surface area contributed by atoms with Crippen LogP contribution in [-0.4, -0.2) is 18.2 Å². The quantitative estimate of drug-likeness (QED) is 0.811. The summed E-state index contributed by atoms with van der Waals surface area (Å²) in [5.41, 5.74) is 2.32. The Labute approximate surface area is 125 Å². The van der Waals surface area contributed by atoms with Crippen LogP contribution in [0.2, 0.25) is 0 Å². The first-order valence-electron chi connectivity index (χ1n) is 6.37. The number of ketones is 1. The zero-order valence-corrected chi connectivity index (χ0v) is 12.3. The average molecular weight is 330 g/mol. The van der Waals surface area contributed by atoms with Gasteiger partial charge in [-0.15, -0.1) is 0 Å². The van der Waals surface area contributed by atoms with Gasteiger partial charge in [0.1, 0.15) is 0 Å². The number of Topliss-reactive ketones (excluding diaryl/α,β-unsaturated/α-hetero) is 1. The van der Waals surface area contributed by atoms with Crippen LogP contribution in [0.1, 0.15) is 15.9 Å². The fourth-order valence-corrected chi connectivity index (χ4v) is 2.99. The van der Waals surface area contributed by atoms with E-state index in [0.717, 1.165) is 16.5 Å². The highest BCUT2D eigenvalue weighted by Crippen LogP contribution is 2.35. The Morgan fingerprint density at radius 1 is 0.950 bits per heavy atom. The van der Waals surface area contributed by atoms with E-state index in [1.54, 1.807) is 17.0 Å². The van der Waals surface area contributed by atoms with Gasteiger partial charge in [-0.2, -0.15) is 0 Å². The summed E-state index contributed by atoms with van der Waals surface area (Å²) in [5.74, 6) is -0.864. The molecule has 100 valence electrons. The zero-order chi connectivity index (χ0) is 14.1. The molecule has 1 aliphatic rings. The standard InChI is InChI=1S/C16H12BrNO2/c17-13-8-4-7-12-14(13)18(16(20)15(12)19)10-9-11-5-2-1-3-6-11/h1-8H,9-10H2. The Morgan fingerprint density at radius 2 is 1.70 bits per heavy atom. The summed E-state index contributed by atoms with van der Waals surface area (Å²) in [6.45, 7) is 0.504. The third kappa shape index (κ3) is 2.16. The van der Waals surface area contributed by atoms with E-state index >= 15 is 0 Å². The van der Waals surface area contributed by atoms with Gasteiger partial charge < -0.3 is 4.90 Å². The predicted octanol–water partition coefficient (Wildman–Crippen LogP) is 3.22. The van der Waals surface area contributed by atoms with E-state index in [-0.39, 0.29) is 0 Å². The van der Waals surface area contributed by atoms with Gasteiger partial charge in [-0.3, -0.25) is 9.59 Å². The summed E-state index contributed by atoms with van der Waals surface area (Å²) in [6, 6.07) is 15.2. The number of rotatable bonds is 3. The van der Waals surface area contributed by atoms with Crippen LogP contribution < -0.4 is 4.90 Å². The van der Waals surface area contributed by atoms with E-state index in [2.05, 4.69) is 15.9 Å². The van der Waals surface area contributed by atoms with Gasteiger partial charge in [0.25, 0.3) is 11.7 Å². The summed E-state index contributed by atoms with van der Waals surface area (Å²) >= 11 is 3.42. The Hall–Kier alpha value is -1.94. The lowest BCUT2D eigenvalue weighted by molar-refractivity contribution is -0.114. The monoisotopic (exact) mass is 329 g/mol. The molecule has 0 aromatic heterocycles. The maximum atomic E-state index is 12.1. The third-order valence-electron chi connectivity index (χ3n) is 3.41. The van der Waals surface area contributed by atoms with Crippen LogP contribution in [0.5, 0.6) is 0 Å². The number of anilines is 1. The summed E-state index contributed by atoms with van der Waals surface area (Å²) in [5, 5.41) is 0. The lowest BCUT2D eigenvalue weighted by atomic mass is 10.1. The van der Waals surface area contributed by atoms with Crippen LogP contribution in [0.15, 0.2) is 53.0 Å². The minimum atomic E-state index is -0.442. The Bertz CT molecular complexity index is 682. The van der Waals surface area contributed by atoms with Gasteiger partial charge in [0.05, 0.1) is 11.3 Å². The maximum Gasteiger partial charge on any atom is 0.299 e. The maximum absolute atomic E-state index is 12.1. The summed E-state index contributed by atoms with van der Waals surface area (Å²) < 4.78 is 0.780. The van der Waals surface area contributed by atoms with Gasteiger partial charge in [0.2, 0.25) is 0 Å². The molecule has 1 aliphatic heterocycles. The number of hydrogen-bond donors (Lipinski definition) is 0. The van der Waals surface area contributed by atoms with Crippen molar-refractivity contribution >= 4 is 33.3 Å². The number of benzene rings is 2. The highest BCUT2D eigenvalue weighted by atomic mass is 79.9.